The van der Waals surface area contributed by atoms with E-state index in [9.17, 15) is 14.7 Å². The zero-order valence-corrected chi connectivity index (χ0v) is 7.73. The molecular weight excluding hydrogens is 184 g/mol. The van der Waals surface area contributed by atoms with Gasteiger partial charge < -0.3 is 10.8 Å². The van der Waals surface area contributed by atoms with Gasteiger partial charge in [0.05, 0.1) is 5.56 Å². The SMILES string of the molecule is CC(=O)c1cc(O)c[n+](CC(N)=O)c1. The van der Waals surface area contributed by atoms with Crippen LogP contribution in [0.2, 0.25) is 0 Å². The quantitative estimate of drug-likeness (QED) is 0.497. The number of primary amides is 1. The number of aromatic nitrogens is 1. The van der Waals surface area contributed by atoms with Gasteiger partial charge in [-0.25, -0.2) is 0 Å². The molecule has 0 aliphatic heterocycles. The minimum atomic E-state index is -0.532. The monoisotopic (exact) mass is 195 g/mol. The van der Waals surface area contributed by atoms with Gasteiger partial charge >= 0.3 is 0 Å². The Labute approximate surface area is 80.8 Å². The molecule has 14 heavy (non-hydrogen) atoms. The Morgan fingerprint density at radius 1 is 1.50 bits per heavy atom. The fourth-order valence-corrected chi connectivity index (χ4v) is 1.08. The number of pyridine rings is 1. The number of ketones is 1. The van der Waals surface area contributed by atoms with E-state index < -0.39 is 5.91 Å². The van der Waals surface area contributed by atoms with Crippen molar-refractivity contribution in [2.45, 2.75) is 13.5 Å². The number of nitrogens with two attached hydrogens (primary N) is 1. The van der Waals surface area contributed by atoms with Crippen LogP contribution in [0.3, 0.4) is 0 Å². The molecule has 0 saturated heterocycles. The van der Waals surface area contributed by atoms with Crippen LogP contribution in [0, 0.1) is 0 Å². The smallest absolute Gasteiger partial charge is 0.283 e. The molecule has 74 valence electrons. The van der Waals surface area contributed by atoms with Gasteiger partial charge in [-0.05, 0) is 6.92 Å². The molecule has 0 aliphatic carbocycles. The highest BCUT2D eigenvalue weighted by Crippen LogP contribution is 2.07. The number of amides is 1. The van der Waals surface area contributed by atoms with Crippen molar-refractivity contribution in [3.05, 3.63) is 24.0 Å². The molecule has 3 N–H and O–H groups in total. The van der Waals surface area contributed by atoms with Gasteiger partial charge in [0.25, 0.3) is 5.91 Å². The number of rotatable bonds is 3. The van der Waals surface area contributed by atoms with Crippen molar-refractivity contribution >= 4 is 11.7 Å². The summed E-state index contributed by atoms with van der Waals surface area (Å²) < 4.78 is 1.37. The number of hydrogen-bond acceptors (Lipinski definition) is 3. The van der Waals surface area contributed by atoms with Crippen molar-refractivity contribution < 1.29 is 19.3 Å². The fourth-order valence-electron chi connectivity index (χ4n) is 1.08. The third-order valence-corrected chi connectivity index (χ3v) is 1.65. The second-order valence-electron chi connectivity index (χ2n) is 2.98. The van der Waals surface area contributed by atoms with Crippen molar-refractivity contribution in [3.8, 4) is 5.75 Å². The van der Waals surface area contributed by atoms with Crippen LogP contribution in [0.1, 0.15) is 17.3 Å². The number of hydrogen-bond donors (Lipinski definition) is 2. The summed E-state index contributed by atoms with van der Waals surface area (Å²) in [5.74, 6) is -0.784. The minimum absolute atomic E-state index is 0.0608. The summed E-state index contributed by atoms with van der Waals surface area (Å²) >= 11 is 0. The molecule has 1 heterocycles. The normalized spacial score (nSPS) is 9.79. The summed E-state index contributed by atoms with van der Waals surface area (Å²) in [7, 11) is 0. The average molecular weight is 195 g/mol. The second kappa shape index (κ2) is 3.87. The highest BCUT2D eigenvalue weighted by molar-refractivity contribution is 5.93. The van der Waals surface area contributed by atoms with Gasteiger partial charge in [-0.2, -0.15) is 4.57 Å². The molecule has 0 atom stereocenters. The lowest BCUT2D eigenvalue weighted by Crippen LogP contribution is -2.40. The molecule has 0 spiro atoms. The van der Waals surface area contributed by atoms with E-state index in [1.807, 2.05) is 0 Å². The first-order valence-electron chi connectivity index (χ1n) is 4.01. The van der Waals surface area contributed by atoms with E-state index in [2.05, 4.69) is 0 Å². The van der Waals surface area contributed by atoms with E-state index in [1.54, 1.807) is 0 Å². The Kier molecular flexibility index (Phi) is 2.81. The Hall–Kier alpha value is -1.91. The Bertz CT molecular complexity index is 388. The molecule has 1 amide bonds. The van der Waals surface area contributed by atoms with E-state index >= 15 is 0 Å². The van der Waals surface area contributed by atoms with Gasteiger partial charge in [-0.3, -0.25) is 9.59 Å². The van der Waals surface area contributed by atoms with Crippen LogP contribution in [0.4, 0.5) is 0 Å². The number of carbonyl (C=O) groups is 2. The lowest BCUT2D eigenvalue weighted by molar-refractivity contribution is -0.684. The molecule has 0 fully saturated rings. The fraction of sp³-hybridized carbons (Fsp3) is 0.222. The molecule has 0 radical (unpaired) electrons. The number of nitrogens with zero attached hydrogens (tertiary/aromatic N) is 1. The van der Waals surface area contributed by atoms with Gasteiger partial charge in [0.2, 0.25) is 12.7 Å². The zero-order chi connectivity index (χ0) is 10.7. The van der Waals surface area contributed by atoms with Crippen molar-refractivity contribution in [2.24, 2.45) is 5.73 Å². The van der Waals surface area contributed by atoms with Crippen LogP contribution >= 0.6 is 0 Å². The molecule has 1 aromatic heterocycles. The number of Topliss-reactive ketones (excluding diaryl/α,β-unsaturated/α-hetero) is 1. The van der Waals surface area contributed by atoms with E-state index in [4.69, 9.17) is 5.73 Å². The van der Waals surface area contributed by atoms with Gasteiger partial charge in [-0.1, -0.05) is 0 Å². The molecule has 0 unspecified atom stereocenters. The lowest BCUT2D eigenvalue weighted by atomic mass is 10.2. The van der Waals surface area contributed by atoms with Crippen LogP contribution in [0.15, 0.2) is 18.5 Å². The first kappa shape index (κ1) is 10.2. The molecule has 0 aliphatic rings. The summed E-state index contributed by atoms with van der Waals surface area (Å²) in [5, 5.41) is 9.23. The van der Waals surface area contributed by atoms with Crippen molar-refractivity contribution in [1.29, 1.82) is 0 Å². The highest BCUT2D eigenvalue weighted by atomic mass is 16.3. The Morgan fingerprint density at radius 2 is 2.14 bits per heavy atom. The van der Waals surface area contributed by atoms with Gasteiger partial charge in [0.15, 0.2) is 17.7 Å². The van der Waals surface area contributed by atoms with Gasteiger partial charge in [-0.15, -0.1) is 0 Å². The predicted octanol–water partition coefficient (Wildman–Crippen LogP) is -0.632. The van der Waals surface area contributed by atoms with E-state index in [0.29, 0.717) is 5.56 Å². The average Bonchev–Trinajstić information content (AvgIpc) is 2.01. The van der Waals surface area contributed by atoms with Crippen LogP contribution in [-0.4, -0.2) is 16.8 Å². The first-order chi connectivity index (χ1) is 6.49. The molecule has 1 aromatic rings. The topological polar surface area (TPSA) is 84.3 Å². The molecule has 0 bridgehead atoms. The van der Waals surface area contributed by atoms with E-state index in [0.717, 1.165) is 0 Å². The summed E-state index contributed by atoms with van der Waals surface area (Å²) in [5.41, 5.74) is 5.31. The second-order valence-corrected chi connectivity index (χ2v) is 2.98. The number of carbonyl (C=O) groups excluding carboxylic acids is 2. The highest BCUT2D eigenvalue weighted by Gasteiger charge is 2.11. The minimum Gasteiger partial charge on any atom is -0.503 e. The largest absolute Gasteiger partial charge is 0.503 e. The maximum Gasteiger partial charge on any atom is 0.283 e. The van der Waals surface area contributed by atoms with Crippen LogP contribution in [-0.2, 0) is 11.3 Å². The summed E-state index contributed by atoms with van der Waals surface area (Å²) in [6.07, 6.45) is 2.80. The Morgan fingerprint density at radius 3 is 2.64 bits per heavy atom. The maximum absolute atomic E-state index is 11.0. The third-order valence-electron chi connectivity index (χ3n) is 1.65. The predicted molar refractivity (Wildman–Crippen MR) is 47.5 cm³/mol. The molecule has 1 rings (SSSR count). The summed E-state index contributed by atoms with van der Waals surface area (Å²) in [6.45, 7) is 1.32. The summed E-state index contributed by atoms with van der Waals surface area (Å²) in [6, 6.07) is 1.33. The molecular formula is C9H11N2O3+. The van der Waals surface area contributed by atoms with Gasteiger partial charge in [0.1, 0.15) is 0 Å². The summed E-state index contributed by atoms with van der Waals surface area (Å²) in [4.78, 5) is 21.6. The van der Waals surface area contributed by atoms with Gasteiger partial charge in [0, 0.05) is 6.07 Å². The molecule has 5 heteroatoms. The standard InChI is InChI=1S/C9H10N2O3/c1-6(12)7-2-8(13)4-11(3-7)5-9(10)14/h2-4H,5H2,1H3,(H2-,10,13,14)/p+1. The zero-order valence-electron chi connectivity index (χ0n) is 7.73. The first-order valence-corrected chi connectivity index (χ1v) is 4.01. The molecule has 0 saturated carbocycles. The Balaban J connectivity index is 3.07. The van der Waals surface area contributed by atoms with E-state index in [1.165, 1.54) is 30.0 Å². The van der Waals surface area contributed by atoms with Crippen molar-refractivity contribution in [2.75, 3.05) is 0 Å². The molecule has 0 aromatic carbocycles. The van der Waals surface area contributed by atoms with Crippen LogP contribution in [0.25, 0.3) is 0 Å². The molecule has 5 nitrogen and oxygen atoms in total. The van der Waals surface area contributed by atoms with Crippen molar-refractivity contribution in [1.82, 2.24) is 0 Å². The van der Waals surface area contributed by atoms with E-state index in [-0.39, 0.29) is 18.1 Å². The van der Waals surface area contributed by atoms with Crippen molar-refractivity contribution in [3.63, 3.8) is 0 Å². The van der Waals surface area contributed by atoms with Crippen LogP contribution < -0.4 is 10.3 Å². The third kappa shape index (κ3) is 2.55. The number of aromatic hydroxyl groups is 1. The van der Waals surface area contributed by atoms with Crippen LogP contribution in [0.5, 0.6) is 5.75 Å². The lowest BCUT2D eigenvalue weighted by Gasteiger charge is -1.97. The maximum atomic E-state index is 11.0.